The molecule has 0 bridgehead atoms. The third-order valence-corrected chi connectivity index (χ3v) is 9.26. The van der Waals surface area contributed by atoms with Crippen LogP contribution in [0.1, 0.15) is 76.3 Å². The lowest BCUT2D eigenvalue weighted by molar-refractivity contribution is 0.0697. The van der Waals surface area contributed by atoms with Gasteiger partial charge in [-0.15, -0.1) is 0 Å². The van der Waals surface area contributed by atoms with Gasteiger partial charge in [0.2, 0.25) is 0 Å². The number of rotatable bonds is 7. The van der Waals surface area contributed by atoms with Crippen LogP contribution in [0, 0.1) is 0 Å². The first-order chi connectivity index (χ1) is 20.4. The number of aromatic carboxylic acids is 1. The largest absolute Gasteiger partial charge is 0.478 e. The second-order valence-electron chi connectivity index (χ2n) is 11.5. The average molecular weight is 597 g/mol. The molecule has 0 amide bonds. The minimum absolute atomic E-state index is 0.0386. The lowest BCUT2D eigenvalue weighted by Crippen LogP contribution is -2.33. The quantitative estimate of drug-likeness (QED) is 0.191. The van der Waals surface area contributed by atoms with E-state index in [0.717, 1.165) is 47.2 Å². The Balaban J connectivity index is 1.24. The highest BCUT2D eigenvalue weighted by Gasteiger charge is 2.33. The van der Waals surface area contributed by atoms with E-state index in [2.05, 4.69) is 52.0 Å². The van der Waals surface area contributed by atoms with Gasteiger partial charge in [0.15, 0.2) is 0 Å². The zero-order valence-electron chi connectivity index (χ0n) is 23.1. The number of piperidine rings is 1. The van der Waals surface area contributed by atoms with Gasteiger partial charge in [0.25, 0.3) is 0 Å². The third-order valence-electron chi connectivity index (χ3n) is 8.75. The van der Waals surface area contributed by atoms with E-state index in [1.165, 1.54) is 40.6 Å². The summed E-state index contributed by atoms with van der Waals surface area (Å²) in [6.07, 6.45) is 4.41. The molecule has 0 radical (unpaired) electrons. The van der Waals surface area contributed by atoms with Gasteiger partial charge >= 0.3 is 5.97 Å². The Labute approximate surface area is 255 Å². The number of benzene rings is 4. The number of aromatic nitrogens is 2. The minimum Gasteiger partial charge on any atom is -0.478 e. The fourth-order valence-electron chi connectivity index (χ4n) is 6.44. The molecule has 1 aromatic heterocycles. The summed E-state index contributed by atoms with van der Waals surface area (Å²) in [5.74, 6) is -0.448. The van der Waals surface area contributed by atoms with Gasteiger partial charge in [-0.3, -0.25) is 4.68 Å². The molecule has 1 aliphatic carbocycles. The van der Waals surface area contributed by atoms with E-state index in [4.69, 9.17) is 28.3 Å². The van der Waals surface area contributed by atoms with E-state index in [1.807, 2.05) is 36.4 Å². The molecule has 212 valence electrons. The van der Waals surface area contributed by atoms with Gasteiger partial charge in [-0.2, -0.15) is 5.10 Å². The fourth-order valence-corrected chi connectivity index (χ4v) is 6.69. The van der Waals surface area contributed by atoms with E-state index in [1.54, 1.807) is 12.1 Å². The van der Waals surface area contributed by atoms with Crippen molar-refractivity contribution >= 4 is 45.8 Å². The summed E-state index contributed by atoms with van der Waals surface area (Å²) in [6, 6.07) is 30.8. The van der Waals surface area contributed by atoms with E-state index in [9.17, 15) is 9.90 Å². The molecule has 2 heterocycles. The molecular formula is C35H31Cl2N3O2. The zero-order valence-corrected chi connectivity index (χ0v) is 24.6. The van der Waals surface area contributed by atoms with Crippen molar-refractivity contribution in [2.75, 3.05) is 18.0 Å². The summed E-state index contributed by atoms with van der Waals surface area (Å²) >= 11 is 12.5. The second-order valence-corrected chi connectivity index (χ2v) is 12.4. The smallest absolute Gasteiger partial charge is 0.335 e. The Morgan fingerprint density at radius 2 is 1.33 bits per heavy atom. The van der Waals surface area contributed by atoms with Crippen LogP contribution in [-0.4, -0.2) is 33.9 Å². The Bertz CT molecular complexity index is 1690. The molecule has 1 saturated carbocycles. The molecule has 2 fully saturated rings. The SMILES string of the molecule is O=C(O)c1ccc(N2CCC(c3c4cc(C(c5ccc(Cl)cc5)c5ccc(Cl)cc5)ccc4nn3C3CC3)CC2)cc1. The summed E-state index contributed by atoms with van der Waals surface area (Å²) in [5.41, 5.74) is 7.40. The highest BCUT2D eigenvalue weighted by molar-refractivity contribution is 6.30. The number of hydrogen-bond acceptors (Lipinski definition) is 3. The molecule has 0 spiro atoms. The third kappa shape index (κ3) is 5.28. The molecule has 4 aromatic carbocycles. The van der Waals surface area contributed by atoms with Crippen LogP contribution in [0.2, 0.25) is 10.0 Å². The van der Waals surface area contributed by atoms with Gasteiger partial charge in [-0.05, 0) is 103 Å². The van der Waals surface area contributed by atoms with Crippen LogP contribution >= 0.6 is 23.2 Å². The van der Waals surface area contributed by atoms with Gasteiger partial charge in [0.1, 0.15) is 0 Å². The molecule has 0 unspecified atom stereocenters. The summed E-state index contributed by atoms with van der Waals surface area (Å²) in [6.45, 7) is 1.85. The van der Waals surface area contributed by atoms with Crippen molar-refractivity contribution in [2.45, 2.75) is 43.6 Å². The van der Waals surface area contributed by atoms with E-state index >= 15 is 0 Å². The number of hydrogen-bond donors (Lipinski definition) is 1. The fraction of sp³-hybridized carbons (Fsp3) is 0.257. The number of nitrogens with zero attached hydrogens (tertiary/aromatic N) is 3. The van der Waals surface area contributed by atoms with Crippen molar-refractivity contribution in [1.82, 2.24) is 9.78 Å². The van der Waals surface area contributed by atoms with Crippen molar-refractivity contribution in [3.8, 4) is 0 Å². The summed E-state index contributed by atoms with van der Waals surface area (Å²) in [5, 5.41) is 17.1. The highest BCUT2D eigenvalue weighted by atomic mass is 35.5. The number of fused-ring (bicyclic) bond motifs is 1. The van der Waals surface area contributed by atoms with Crippen molar-refractivity contribution in [1.29, 1.82) is 0 Å². The molecule has 5 aromatic rings. The molecule has 1 saturated heterocycles. The first-order valence-corrected chi connectivity index (χ1v) is 15.3. The van der Waals surface area contributed by atoms with Gasteiger partial charge in [-0.25, -0.2) is 4.79 Å². The monoisotopic (exact) mass is 595 g/mol. The van der Waals surface area contributed by atoms with Crippen LogP contribution in [0.3, 0.4) is 0 Å². The topological polar surface area (TPSA) is 58.4 Å². The van der Waals surface area contributed by atoms with Crippen molar-refractivity contribution in [2.24, 2.45) is 0 Å². The zero-order chi connectivity index (χ0) is 28.8. The number of carbonyl (C=O) groups is 1. The molecule has 2 aliphatic rings. The van der Waals surface area contributed by atoms with Crippen LogP contribution in [0.25, 0.3) is 10.9 Å². The maximum Gasteiger partial charge on any atom is 0.335 e. The summed E-state index contributed by atoms with van der Waals surface area (Å²) in [7, 11) is 0. The molecule has 7 rings (SSSR count). The normalized spacial score (nSPS) is 15.9. The maximum absolute atomic E-state index is 11.3. The van der Waals surface area contributed by atoms with E-state index in [0.29, 0.717) is 17.5 Å². The summed E-state index contributed by atoms with van der Waals surface area (Å²) < 4.78 is 2.33. The number of anilines is 1. The van der Waals surface area contributed by atoms with Crippen LogP contribution in [0.4, 0.5) is 5.69 Å². The standard InChI is InChI=1S/C35H31Cl2N3O2/c36-27-8-1-22(2-9-27)33(23-3-10-28(37)11-4-23)26-7-16-32-31(21-26)34(40(38-32)30-14-15-30)24-17-19-39(20-18-24)29-12-5-25(6-13-29)35(41)42/h1-13,16,21,24,30,33H,14-15,17-20H2,(H,41,42). The predicted octanol–water partition coefficient (Wildman–Crippen LogP) is 8.94. The molecule has 5 nitrogen and oxygen atoms in total. The number of halogens is 2. The van der Waals surface area contributed by atoms with Crippen LogP contribution in [0.15, 0.2) is 91.0 Å². The Kier molecular flexibility index (Phi) is 7.17. The molecular weight excluding hydrogens is 565 g/mol. The molecule has 1 aliphatic heterocycles. The van der Waals surface area contributed by atoms with Crippen LogP contribution in [-0.2, 0) is 0 Å². The molecule has 1 N–H and O–H groups in total. The van der Waals surface area contributed by atoms with Crippen molar-refractivity contribution < 1.29 is 9.90 Å². The molecule has 7 heteroatoms. The maximum atomic E-state index is 11.3. The van der Waals surface area contributed by atoms with Gasteiger partial charge in [-0.1, -0.05) is 53.5 Å². The van der Waals surface area contributed by atoms with E-state index in [-0.39, 0.29) is 5.92 Å². The van der Waals surface area contributed by atoms with Crippen LogP contribution < -0.4 is 4.90 Å². The van der Waals surface area contributed by atoms with Crippen molar-refractivity contribution in [3.05, 3.63) is 129 Å². The average Bonchev–Trinajstić information content (AvgIpc) is 3.79. The highest BCUT2D eigenvalue weighted by Crippen LogP contribution is 2.44. The van der Waals surface area contributed by atoms with Gasteiger partial charge in [0.05, 0.1) is 17.1 Å². The van der Waals surface area contributed by atoms with Crippen molar-refractivity contribution in [3.63, 3.8) is 0 Å². The lowest BCUT2D eigenvalue weighted by Gasteiger charge is -2.34. The lowest BCUT2D eigenvalue weighted by atomic mass is 9.84. The Hall–Kier alpha value is -3.80. The predicted molar refractivity (Wildman–Crippen MR) is 169 cm³/mol. The molecule has 0 atom stereocenters. The van der Waals surface area contributed by atoms with E-state index < -0.39 is 5.97 Å². The Morgan fingerprint density at radius 1 is 0.762 bits per heavy atom. The number of carboxylic acids is 1. The molecule has 42 heavy (non-hydrogen) atoms. The van der Waals surface area contributed by atoms with Crippen LogP contribution in [0.5, 0.6) is 0 Å². The first kappa shape index (κ1) is 27.1. The number of carboxylic acid groups (broad SMARTS) is 1. The second kappa shape index (κ2) is 11.1. The first-order valence-electron chi connectivity index (χ1n) is 14.6. The Morgan fingerprint density at radius 3 is 1.88 bits per heavy atom. The van der Waals surface area contributed by atoms with Gasteiger partial charge in [0, 0.05) is 51.7 Å². The minimum atomic E-state index is -0.894. The summed E-state index contributed by atoms with van der Waals surface area (Å²) in [4.78, 5) is 13.6. The van der Waals surface area contributed by atoms with Gasteiger partial charge < -0.3 is 10.0 Å².